The summed E-state index contributed by atoms with van der Waals surface area (Å²) in [6.07, 6.45) is 1.41. The molecule has 0 saturated carbocycles. The van der Waals surface area contributed by atoms with Crippen molar-refractivity contribution in [2.45, 2.75) is 4.90 Å². The number of carbonyl (C=O) groups excluding carboxylic acids is 2. The van der Waals surface area contributed by atoms with E-state index in [1.807, 2.05) is 0 Å². The number of furan rings is 1. The van der Waals surface area contributed by atoms with Gasteiger partial charge in [-0.05, 0) is 18.2 Å². The van der Waals surface area contributed by atoms with E-state index in [9.17, 15) is 18.0 Å². The summed E-state index contributed by atoms with van der Waals surface area (Å²) in [6.45, 7) is 0.625. The fraction of sp³-hybridized carbons (Fsp3) is 0.333. The third kappa shape index (κ3) is 3.50. The second-order valence-corrected chi connectivity index (χ2v) is 9.00. The molecule has 0 spiro atoms. The fourth-order valence-electron chi connectivity index (χ4n) is 2.60. The predicted molar refractivity (Wildman–Crippen MR) is 94.0 cm³/mol. The lowest BCUT2D eigenvalue weighted by molar-refractivity contribution is 0.0602. The first kappa shape index (κ1) is 18.9. The monoisotopic (exact) mass is 418 g/mol. The molecule has 2 aromatic heterocycles. The first-order valence-electron chi connectivity index (χ1n) is 7.55. The lowest BCUT2D eigenvalue weighted by atomic mass is 10.3. The highest BCUT2D eigenvalue weighted by Gasteiger charge is 2.35. The van der Waals surface area contributed by atoms with Gasteiger partial charge in [-0.15, -0.1) is 11.3 Å². The molecule has 2 aromatic rings. The Morgan fingerprint density at radius 1 is 1.27 bits per heavy atom. The van der Waals surface area contributed by atoms with Crippen LogP contribution in [0.5, 0.6) is 0 Å². The molecule has 0 aliphatic carbocycles. The minimum absolute atomic E-state index is 0.0633. The van der Waals surface area contributed by atoms with E-state index < -0.39 is 16.0 Å². The SMILES string of the molecule is COC(=O)c1sc(Cl)cc1S(=O)(=O)N1CCN(C(=O)c2ccco2)CC1. The number of piperazine rings is 1. The maximum Gasteiger partial charge on any atom is 0.349 e. The number of nitrogens with zero attached hydrogens (tertiary/aromatic N) is 2. The zero-order valence-corrected chi connectivity index (χ0v) is 16.1. The quantitative estimate of drug-likeness (QED) is 0.704. The maximum absolute atomic E-state index is 12.9. The average Bonchev–Trinajstić information content (AvgIpc) is 3.30. The van der Waals surface area contributed by atoms with E-state index in [-0.39, 0.29) is 52.0 Å². The molecule has 26 heavy (non-hydrogen) atoms. The Bertz CT molecular complexity index is 914. The highest BCUT2D eigenvalue weighted by molar-refractivity contribution is 7.89. The number of thiophene rings is 1. The lowest BCUT2D eigenvalue weighted by Crippen LogP contribution is -2.50. The van der Waals surface area contributed by atoms with Gasteiger partial charge in [0.05, 0.1) is 17.7 Å². The zero-order valence-electron chi connectivity index (χ0n) is 13.7. The van der Waals surface area contributed by atoms with E-state index in [1.54, 1.807) is 12.1 Å². The third-order valence-electron chi connectivity index (χ3n) is 3.91. The standard InChI is InChI=1S/C15H15ClN2O6S2/c1-23-15(20)13-11(9-12(16)25-13)26(21,22)18-6-4-17(5-7-18)14(19)10-3-2-8-24-10/h2-3,8-9H,4-7H2,1H3. The molecule has 11 heteroatoms. The molecular formula is C15H15ClN2O6S2. The van der Waals surface area contributed by atoms with E-state index in [2.05, 4.69) is 4.74 Å². The topological polar surface area (TPSA) is 97.1 Å². The molecule has 1 saturated heterocycles. The number of carbonyl (C=O) groups is 2. The van der Waals surface area contributed by atoms with Gasteiger partial charge in [0.15, 0.2) is 5.76 Å². The molecule has 0 radical (unpaired) electrons. The second-order valence-electron chi connectivity index (χ2n) is 5.41. The summed E-state index contributed by atoms with van der Waals surface area (Å²) in [5, 5.41) is 0. The van der Waals surface area contributed by atoms with Crippen LogP contribution in [0.15, 0.2) is 33.8 Å². The van der Waals surface area contributed by atoms with Crippen LogP contribution in [0, 0.1) is 0 Å². The van der Waals surface area contributed by atoms with Crippen molar-refractivity contribution in [3.05, 3.63) is 39.4 Å². The Balaban J connectivity index is 1.77. The fourth-order valence-corrected chi connectivity index (χ4v) is 5.72. The van der Waals surface area contributed by atoms with Crippen LogP contribution in [-0.2, 0) is 14.8 Å². The van der Waals surface area contributed by atoms with Gasteiger partial charge in [-0.1, -0.05) is 11.6 Å². The summed E-state index contributed by atoms with van der Waals surface area (Å²) in [5.41, 5.74) is 0. The Morgan fingerprint density at radius 2 is 1.96 bits per heavy atom. The third-order valence-corrected chi connectivity index (χ3v) is 7.21. The van der Waals surface area contributed by atoms with Crippen LogP contribution < -0.4 is 0 Å². The van der Waals surface area contributed by atoms with E-state index in [0.717, 1.165) is 11.3 Å². The minimum atomic E-state index is -3.93. The molecule has 0 bridgehead atoms. The number of ether oxygens (including phenoxy) is 1. The molecule has 140 valence electrons. The molecule has 3 rings (SSSR count). The second kappa shape index (κ2) is 7.39. The molecule has 0 aromatic carbocycles. The van der Waals surface area contributed by atoms with Crippen molar-refractivity contribution in [2.24, 2.45) is 0 Å². The van der Waals surface area contributed by atoms with Crippen molar-refractivity contribution < 1.29 is 27.2 Å². The van der Waals surface area contributed by atoms with E-state index in [4.69, 9.17) is 16.0 Å². The van der Waals surface area contributed by atoms with Crippen molar-refractivity contribution in [1.82, 2.24) is 9.21 Å². The summed E-state index contributed by atoms with van der Waals surface area (Å²) in [7, 11) is -2.76. The van der Waals surface area contributed by atoms with Gasteiger partial charge in [0.1, 0.15) is 9.77 Å². The average molecular weight is 419 g/mol. The van der Waals surface area contributed by atoms with Crippen LogP contribution in [0.2, 0.25) is 4.34 Å². The number of rotatable bonds is 4. The summed E-state index contributed by atoms with van der Waals surface area (Å²) in [5.74, 6) is -0.841. The molecule has 3 heterocycles. The Labute approximate surface area is 158 Å². The van der Waals surface area contributed by atoms with Crippen LogP contribution in [-0.4, -0.2) is 62.8 Å². The van der Waals surface area contributed by atoms with Gasteiger partial charge in [-0.25, -0.2) is 13.2 Å². The molecule has 1 amide bonds. The normalized spacial score (nSPS) is 15.8. The largest absolute Gasteiger partial charge is 0.465 e. The summed E-state index contributed by atoms with van der Waals surface area (Å²) < 4.78 is 36.9. The number of halogens is 1. The molecule has 1 aliphatic rings. The number of amides is 1. The maximum atomic E-state index is 12.9. The lowest BCUT2D eigenvalue weighted by Gasteiger charge is -2.33. The van der Waals surface area contributed by atoms with E-state index in [1.165, 1.54) is 28.6 Å². The van der Waals surface area contributed by atoms with Gasteiger partial charge in [0.25, 0.3) is 5.91 Å². The Kier molecular flexibility index (Phi) is 5.37. The van der Waals surface area contributed by atoms with Crippen molar-refractivity contribution in [3.63, 3.8) is 0 Å². The van der Waals surface area contributed by atoms with E-state index >= 15 is 0 Å². The molecule has 1 aliphatic heterocycles. The van der Waals surface area contributed by atoms with Crippen LogP contribution in [0.4, 0.5) is 0 Å². The van der Waals surface area contributed by atoms with Crippen molar-refractivity contribution >= 4 is 44.8 Å². The highest BCUT2D eigenvalue weighted by Crippen LogP contribution is 2.33. The van der Waals surface area contributed by atoms with Crippen LogP contribution in [0.3, 0.4) is 0 Å². The van der Waals surface area contributed by atoms with Crippen LogP contribution in [0.25, 0.3) is 0 Å². The predicted octanol–water partition coefficient (Wildman–Crippen LogP) is 1.93. The van der Waals surface area contributed by atoms with Gasteiger partial charge >= 0.3 is 5.97 Å². The van der Waals surface area contributed by atoms with Gasteiger partial charge in [0, 0.05) is 26.2 Å². The number of hydrogen-bond donors (Lipinski definition) is 0. The highest BCUT2D eigenvalue weighted by atomic mass is 35.5. The van der Waals surface area contributed by atoms with Crippen molar-refractivity contribution in [2.75, 3.05) is 33.3 Å². The Hall–Kier alpha value is -1.88. The first-order valence-corrected chi connectivity index (χ1v) is 10.2. The van der Waals surface area contributed by atoms with Gasteiger partial charge in [-0.3, -0.25) is 4.79 Å². The summed E-state index contributed by atoms with van der Waals surface area (Å²) in [6, 6.07) is 4.41. The van der Waals surface area contributed by atoms with Gasteiger partial charge < -0.3 is 14.1 Å². The molecular weight excluding hydrogens is 404 g/mol. The van der Waals surface area contributed by atoms with Gasteiger partial charge in [-0.2, -0.15) is 4.31 Å². The number of methoxy groups -OCH3 is 1. The Morgan fingerprint density at radius 3 is 2.54 bits per heavy atom. The molecule has 8 nitrogen and oxygen atoms in total. The van der Waals surface area contributed by atoms with Crippen molar-refractivity contribution in [3.8, 4) is 0 Å². The van der Waals surface area contributed by atoms with Gasteiger partial charge in [0.2, 0.25) is 10.0 Å². The smallest absolute Gasteiger partial charge is 0.349 e. The number of hydrogen-bond acceptors (Lipinski definition) is 7. The first-order chi connectivity index (χ1) is 12.3. The summed E-state index contributed by atoms with van der Waals surface area (Å²) in [4.78, 5) is 25.4. The number of sulfonamides is 1. The number of esters is 1. The molecule has 0 atom stereocenters. The summed E-state index contributed by atoms with van der Waals surface area (Å²) >= 11 is 6.75. The zero-order chi connectivity index (χ0) is 18.9. The minimum Gasteiger partial charge on any atom is -0.465 e. The van der Waals surface area contributed by atoms with Crippen LogP contribution in [0.1, 0.15) is 20.2 Å². The molecule has 0 unspecified atom stereocenters. The van der Waals surface area contributed by atoms with E-state index in [0.29, 0.717) is 0 Å². The van der Waals surface area contributed by atoms with Crippen molar-refractivity contribution in [1.29, 1.82) is 0 Å². The van der Waals surface area contributed by atoms with Crippen LogP contribution >= 0.6 is 22.9 Å². The molecule has 1 fully saturated rings. The molecule has 0 N–H and O–H groups in total.